The number of aliphatic carboxylic acids is 2. The van der Waals surface area contributed by atoms with Crippen molar-refractivity contribution in [2.75, 3.05) is 6.54 Å². The predicted molar refractivity (Wildman–Crippen MR) is 262 cm³/mol. The molecule has 0 aliphatic rings. The first-order valence-electron chi connectivity index (χ1n) is 23.2. The second-order valence-electron chi connectivity index (χ2n) is 15.0. The highest BCUT2D eigenvalue weighted by molar-refractivity contribution is 5.79. The summed E-state index contributed by atoms with van der Waals surface area (Å²) in [5.74, 6) is -2.24. The number of quaternary nitrogens is 2. The first-order valence-corrected chi connectivity index (χ1v) is 23.2. The fourth-order valence-corrected chi connectivity index (χ4v) is 4.78. The third-order valence-corrected chi connectivity index (χ3v) is 8.56. The summed E-state index contributed by atoms with van der Waals surface area (Å²) in [5, 5.41) is 62.1. The van der Waals surface area contributed by atoms with Crippen LogP contribution in [0.1, 0.15) is 124 Å². The highest BCUT2D eigenvalue weighted by Crippen LogP contribution is 2.02. The van der Waals surface area contributed by atoms with Crippen molar-refractivity contribution >= 4 is 17.8 Å². The van der Waals surface area contributed by atoms with E-state index in [1.54, 1.807) is 49.5 Å². The van der Waals surface area contributed by atoms with Crippen molar-refractivity contribution in [1.29, 1.82) is 0 Å². The van der Waals surface area contributed by atoms with Crippen LogP contribution < -0.4 is 27.0 Å². The normalized spacial score (nSPS) is 15.4. The molecule has 65 heavy (non-hydrogen) atoms. The minimum Gasteiger partial charge on any atom is -0.550 e. The molecule has 0 aliphatic carbocycles. The van der Waals surface area contributed by atoms with Gasteiger partial charge >= 0.3 is 0 Å². The number of rotatable bonds is 34. The summed E-state index contributed by atoms with van der Waals surface area (Å²) < 4.78 is 0. The monoisotopic (exact) mass is 908 g/mol. The Bertz CT molecular complexity index is 1530. The molecule has 6 atom stereocenters. The molecule has 0 aromatic rings. The van der Waals surface area contributed by atoms with Crippen LogP contribution in [-0.4, -0.2) is 81.3 Å². The van der Waals surface area contributed by atoms with Crippen molar-refractivity contribution in [2.45, 2.75) is 161 Å². The van der Waals surface area contributed by atoms with E-state index in [1.165, 1.54) is 6.42 Å². The third kappa shape index (κ3) is 55.1. The molecule has 0 bridgehead atoms. The van der Waals surface area contributed by atoms with Gasteiger partial charge in [0, 0.05) is 18.9 Å². The van der Waals surface area contributed by atoms with E-state index in [-0.39, 0.29) is 18.4 Å². The van der Waals surface area contributed by atoms with Crippen LogP contribution in [0.2, 0.25) is 0 Å². The van der Waals surface area contributed by atoms with E-state index in [4.69, 9.17) is 0 Å². The summed E-state index contributed by atoms with van der Waals surface area (Å²) in [7, 11) is 0. The molecular formula is C53H85N3O9. The quantitative estimate of drug-likeness (QED) is 0.0265. The molecule has 0 radical (unpaired) electrons. The Kier molecular flexibility index (Phi) is 49.5. The van der Waals surface area contributed by atoms with Crippen molar-refractivity contribution in [1.82, 2.24) is 5.32 Å². The average molecular weight is 908 g/mol. The number of carboxylic acids is 2. The van der Waals surface area contributed by atoms with Crippen LogP contribution >= 0.6 is 0 Å². The van der Waals surface area contributed by atoms with Crippen LogP contribution in [0.4, 0.5) is 0 Å². The van der Waals surface area contributed by atoms with E-state index in [0.29, 0.717) is 57.9 Å². The zero-order valence-corrected chi connectivity index (χ0v) is 39.9. The summed E-state index contributed by atoms with van der Waals surface area (Å²) in [5.41, 5.74) is 7.02. The molecule has 11 N–H and O–H groups in total. The van der Waals surface area contributed by atoms with Crippen LogP contribution in [0.15, 0.2) is 146 Å². The molecule has 12 nitrogen and oxygen atoms in total. The Morgan fingerprint density at radius 2 is 0.923 bits per heavy atom. The van der Waals surface area contributed by atoms with Crippen LogP contribution in [0, 0.1) is 0 Å². The molecular weight excluding hydrogens is 823 g/mol. The van der Waals surface area contributed by atoms with E-state index >= 15 is 0 Å². The number of nitrogens with one attached hydrogen (secondary N) is 1. The number of aliphatic hydroxyl groups is 4. The summed E-state index contributed by atoms with van der Waals surface area (Å²) in [4.78, 5) is 31.6. The Hall–Kier alpha value is -4.95. The lowest BCUT2D eigenvalue weighted by Gasteiger charge is -2.09. The molecule has 0 aromatic heterocycles. The SMILES string of the molecule is CC/C=C\C[C@H](O)/C=C/C=C\C=C\[C@@H](O)C/C=C\C/C=C\CCC.CC/C=C\C[C@H](O)/C=C/C=C\C=C\[C@@H](O)C/C=C\C/C=C\CCC(=O)[O-].C[C@H]([NH3+])C(=O)NCCCC[C@H]([NH3+])C(=O)[O-]. The maximum absolute atomic E-state index is 11.1. The first-order chi connectivity index (χ1) is 31.2. The van der Waals surface area contributed by atoms with Gasteiger partial charge in [-0.05, 0) is 90.4 Å². The van der Waals surface area contributed by atoms with Crippen molar-refractivity contribution in [2.24, 2.45) is 0 Å². The zero-order chi connectivity index (χ0) is 49.2. The van der Waals surface area contributed by atoms with Gasteiger partial charge in [0.1, 0.15) is 6.04 Å². The van der Waals surface area contributed by atoms with Crippen LogP contribution in [-0.2, 0) is 14.4 Å². The third-order valence-electron chi connectivity index (χ3n) is 8.56. The average Bonchev–Trinajstić information content (AvgIpc) is 3.26. The molecule has 0 spiro atoms. The topological polar surface area (TPSA) is 246 Å². The summed E-state index contributed by atoms with van der Waals surface area (Å²) >= 11 is 0. The number of amides is 1. The second-order valence-corrected chi connectivity index (χ2v) is 15.0. The summed E-state index contributed by atoms with van der Waals surface area (Å²) in [6.45, 7) is 8.57. The maximum atomic E-state index is 11.1. The van der Waals surface area contributed by atoms with Crippen LogP contribution in [0.3, 0.4) is 0 Å². The van der Waals surface area contributed by atoms with Gasteiger partial charge in [-0.25, -0.2) is 0 Å². The Balaban J connectivity index is -0.000000919. The van der Waals surface area contributed by atoms with E-state index in [1.807, 2.05) is 85.1 Å². The molecule has 0 rings (SSSR count). The predicted octanol–water partition coefficient (Wildman–Crippen LogP) is 4.85. The van der Waals surface area contributed by atoms with Gasteiger partial charge in [0.25, 0.3) is 5.91 Å². The van der Waals surface area contributed by atoms with Gasteiger partial charge in [-0.1, -0.05) is 173 Å². The number of hydrogen-bond acceptors (Lipinski definition) is 9. The molecule has 0 saturated carbocycles. The number of unbranched alkanes of at least 4 members (excludes halogenated alkanes) is 2. The van der Waals surface area contributed by atoms with Crippen LogP contribution in [0.25, 0.3) is 0 Å². The zero-order valence-electron chi connectivity index (χ0n) is 39.9. The molecule has 0 saturated heterocycles. The molecule has 1 amide bonds. The minimum atomic E-state index is -1.12. The van der Waals surface area contributed by atoms with Crippen molar-refractivity contribution in [3.63, 3.8) is 0 Å². The van der Waals surface area contributed by atoms with Gasteiger partial charge < -0.3 is 57.0 Å². The fourth-order valence-electron chi connectivity index (χ4n) is 4.78. The van der Waals surface area contributed by atoms with Crippen molar-refractivity contribution in [3.05, 3.63) is 146 Å². The van der Waals surface area contributed by atoms with Gasteiger partial charge in [-0.15, -0.1) is 0 Å². The number of aliphatic hydroxyl groups excluding tert-OH is 4. The molecule has 0 aliphatic heterocycles. The Morgan fingerprint density at radius 1 is 0.538 bits per heavy atom. The van der Waals surface area contributed by atoms with Crippen LogP contribution in [0.5, 0.6) is 0 Å². The van der Waals surface area contributed by atoms with Crippen molar-refractivity contribution in [3.8, 4) is 0 Å². The summed E-state index contributed by atoms with van der Waals surface area (Å²) in [6.07, 6.45) is 54.3. The fraction of sp³-hybridized carbons (Fsp3) is 0.491. The van der Waals surface area contributed by atoms with Gasteiger partial charge in [-0.2, -0.15) is 0 Å². The number of hydrogen-bond donors (Lipinski definition) is 7. The lowest BCUT2D eigenvalue weighted by atomic mass is 10.1. The van der Waals surface area contributed by atoms with Gasteiger partial charge in [0.15, 0.2) is 6.04 Å². The lowest BCUT2D eigenvalue weighted by Crippen LogP contribution is -2.68. The largest absolute Gasteiger partial charge is 0.550 e. The minimum absolute atomic E-state index is 0.0430. The van der Waals surface area contributed by atoms with Gasteiger partial charge in [0.2, 0.25) is 0 Å². The van der Waals surface area contributed by atoms with E-state index in [2.05, 4.69) is 55.8 Å². The first kappa shape index (κ1) is 64.3. The smallest absolute Gasteiger partial charge is 0.277 e. The Morgan fingerprint density at radius 3 is 1.28 bits per heavy atom. The molecule has 12 heteroatoms. The summed E-state index contributed by atoms with van der Waals surface area (Å²) in [6, 6.07) is -0.915. The standard InChI is InChI=1S/C22H32O4.C22H34O2.C9H19N3O3/c1-2-3-10-15-20(23)17-12-8-9-13-18-21(24)16-11-6-4-5-7-14-19-22(25)26;1-3-5-7-8-9-10-14-18-22(24)20-16-12-11-15-19-21(23)17-13-6-4-2;1-6(10)8(13)12-5-3-2-4-7(11)9(14)15/h3,5-13,17-18,20-21,23-24H,2,4,14-16,19H2,1H3,(H,25,26);6-8,10-16,19-24H,3-5,9,17-18H2,1-2H3;6-7H,2-5,10-11H2,1H3,(H,12,13)(H,14,15)/b7-5-,9-8-,10-3-,11-6-,17-12+,18-13+;8-7-,12-11-,13-6-,14-10-,19-15+,20-16+;/t20-,21-;21-,22-;6-,7-/m000/s1. The van der Waals surface area contributed by atoms with E-state index in [0.717, 1.165) is 32.1 Å². The molecule has 0 aromatic carbocycles. The Labute approximate surface area is 391 Å². The number of allylic oxidation sites excluding steroid dienone is 16. The maximum Gasteiger partial charge on any atom is 0.277 e. The van der Waals surface area contributed by atoms with E-state index in [9.17, 15) is 45.0 Å². The number of carbonyl (C=O) groups is 3. The number of carbonyl (C=O) groups excluding carboxylic acids is 3. The number of carboxylic acid groups (broad SMARTS) is 2. The van der Waals surface area contributed by atoms with E-state index < -0.39 is 42.4 Å². The highest BCUT2D eigenvalue weighted by Gasteiger charge is 2.10. The van der Waals surface area contributed by atoms with Crippen molar-refractivity contribution < 1.29 is 56.5 Å². The van der Waals surface area contributed by atoms with Gasteiger partial charge in [-0.3, -0.25) is 4.79 Å². The van der Waals surface area contributed by atoms with Gasteiger partial charge in [0.05, 0.1) is 30.4 Å². The second kappa shape index (κ2) is 50.1. The molecule has 366 valence electrons. The molecule has 0 fully saturated rings. The molecule has 0 heterocycles. The lowest BCUT2D eigenvalue weighted by molar-refractivity contribution is -0.438. The molecule has 0 unspecified atom stereocenters. The highest BCUT2D eigenvalue weighted by atomic mass is 16.4.